The van der Waals surface area contributed by atoms with Crippen LogP contribution in [0.1, 0.15) is 36.8 Å². The van der Waals surface area contributed by atoms with E-state index in [0.29, 0.717) is 11.4 Å². The quantitative estimate of drug-likeness (QED) is 0.531. The number of hydrogen-bond acceptors (Lipinski definition) is 7. The molecule has 0 aliphatic carbocycles. The summed E-state index contributed by atoms with van der Waals surface area (Å²) in [4.78, 5) is 38.4. The van der Waals surface area contributed by atoms with Crippen molar-refractivity contribution >= 4 is 29.2 Å². The zero-order valence-corrected chi connectivity index (χ0v) is 20.9. The van der Waals surface area contributed by atoms with Crippen molar-refractivity contribution in [2.24, 2.45) is 0 Å². The molecule has 0 saturated carbocycles. The third-order valence-corrected chi connectivity index (χ3v) is 5.63. The van der Waals surface area contributed by atoms with Gasteiger partial charge in [0.15, 0.2) is 0 Å². The lowest BCUT2D eigenvalue weighted by molar-refractivity contribution is 0.0635. The maximum Gasteiger partial charge on any atom is 0.412 e. The minimum Gasteiger partial charge on any atom is -0.444 e. The second-order valence-electron chi connectivity index (χ2n) is 9.64. The summed E-state index contributed by atoms with van der Waals surface area (Å²) in [6, 6.07) is 17.4. The van der Waals surface area contributed by atoms with Gasteiger partial charge in [0.2, 0.25) is 0 Å². The number of ether oxygens (including phenoxy) is 1. The number of carbonyl (C=O) groups is 2. The third-order valence-electron chi connectivity index (χ3n) is 5.63. The lowest BCUT2D eigenvalue weighted by Crippen LogP contribution is -2.46. The maximum absolute atomic E-state index is 12.8. The van der Waals surface area contributed by atoms with Crippen LogP contribution in [-0.4, -0.2) is 58.6 Å². The molecular weight excluding hydrogens is 456 g/mol. The van der Waals surface area contributed by atoms with Crippen molar-refractivity contribution in [2.45, 2.75) is 32.9 Å². The Bertz CT molecular complexity index is 1170. The lowest BCUT2D eigenvalue weighted by atomic mass is 10.2. The molecule has 9 nitrogen and oxygen atoms in total. The zero-order valence-electron chi connectivity index (χ0n) is 20.9. The summed E-state index contributed by atoms with van der Waals surface area (Å²) in [5, 5.41) is 5.46. The maximum atomic E-state index is 12.8. The van der Waals surface area contributed by atoms with Gasteiger partial charge in [-0.25, -0.2) is 14.8 Å². The molecule has 2 amide bonds. The fraction of sp³-hybridized carbons (Fsp3) is 0.333. The molecule has 2 heterocycles. The van der Waals surface area contributed by atoms with E-state index in [9.17, 15) is 9.59 Å². The van der Waals surface area contributed by atoms with Crippen LogP contribution in [0.5, 0.6) is 0 Å². The molecule has 0 unspecified atom stereocenters. The minimum atomic E-state index is -0.631. The van der Waals surface area contributed by atoms with Crippen molar-refractivity contribution in [3.8, 4) is 0 Å². The average Bonchev–Trinajstić information content (AvgIpc) is 2.85. The van der Waals surface area contributed by atoms with E-state index in [4.69, 9.17) is 4.74 Å². The molecule has 3 aromatic rings. The topological polar surface area (TPSA) is 99.7 Å². The van der Waals surface area contributed by atoms with Crippen LogP contribution in [0.15, 0.2) is 67.0 Å². The number of aromatic nitrogens is 2. The number of benzene rings is 2. The first-order chi connectivity index (χ1) is 17.3. The molecule has 1 aliphatic rings. The van der Waals surface area contributed by atoms with Crippen molar-refractivity contribution in [2.75, 3.05) is 41.7 Å². The summed E-state index contributed by atoms with van der Waals surface area (Å²) in [5.41, 5.74) is 1.73. The first-order valence-electron chi connectivity index (χ1n) is 12.0. The van der Waals surface area contributed by atoms with Crippen molar-refractivity contribution in [1.82, 2.24) is 14.9 Å². The summed E-state index contributed by atoms with van der Waals surface area (Å²) in [7, 11) is 0. The largest absolute Gasteiger partial charge is 0.444 e. The Morgan fingerprint density at radius 1 is 0.861 bits per heavy atom. The Balaban J connectivity index is 1.33. The number of nitrogens with zero attached hydrogens (tertiary/aromatic N) is 4. The van der Waals surface area contributed by atoms with Gasteiger partial charge in [-0.15, -0.1) is 0 Å². The molecule has 1 fully saturated rings. The predicted octanol–water partition coefficient (Wildman–Crippen LogP) is 4.40. The van der Waals surface area contributed by atoms with E-state index in [0.717, 1.165) is 38.5 Å². The van der Waals surface area contributed by atoms with Gasteiger partial charge in [-0.05, 0) is 38.5 Å². The minimum absolute atomic E-state index is 0.188. The van der Waals surface area contributed by atoms with Gasteiger partial charge in [0.25, 0.3) is 5.91 Å². The Hall–Kier alpha value is -3.98. The van der Waals surface area contributed by atoms with Gasteiger partial charge in [-0.2, -0.15) is 0 Å². The van der Waals surface area contributed by atoms with Gasteiger partial charge in [-0.1, -0.05) is 42.5 Å². The van der Waals surface area contributed by atoms with Gasteiger partial charge >= 0.3 is 6.09 Å². The average molecular weight is 489 g/mol. The van der Waals surface area contributed by atoms with Gasteiger partial charge in [0, 0.05) is 32.7 Å². The number of amides is 2. The summed E-state index contributed by atoms with van der Waals surface area (Å²) in [5.74, 6) is 0.332. The van der Waals surface area contributed by atoms with E-state index in [2.05, 4.69) is 54.7 Å². The molecule has 1 saturated heterocycles. The molecule has 9 heteroatoms. The van der Waals surface area contributed by atoms with Gasteiger partial charge < -0.3 is 15.0 Å². The molecule has 0 radical (unpaired) electrons. The molecule has 2 N–H and O–H groups in total. The van der Waals surface area contributed by atoms with Crippen molar-refractivity contribution < 1.29 is 14.3 Å². The fourth-order valence-electron chi connectivity index (χ4n) is 3.88. The molecule has 1 aliphatic heterocycles. The van der Waals surface area contributed by atoms with E-state index in [1.54, 1.807) is 51.2 Å². The molecule has 4 rings (SSSR count). The zero-order chi connectivity index (χ0) is 25.5. The van der Waals surface area contributed by atoms with E-state index in [-0.39, 0.29) is 5.69 Å². The van der Waals surface area contributed by atoms with E-state index < -0.39 is 17.6 Å². The van der Waals surface area contributed by atoms with Crippen LogP contribution >= 0.6 is 0 Å². The molecule has 0 bridgehead atoms. The number of anilines is 3. The number of nitrogens with one attached hydrogen (secondary N) is 2. The highest BCUT2D eigenvalue weighted by atomic mass is 16.6. The van der Waals surface area contributed by atoms with Crippen LogP contribution in [-0.2, 0) is 11.3 Å². The molecule has 0 spiro atoms. The molecule has 1 aromatic heterocycles. The van der Waals surface area contributed by atoms with Crippen LogP contribution < -0.4 is 15.5 Å². The molecule has 36 heavy (non-hydrogen) atoms. The Morgan fingerprint density at radius 2 is 1.50 bits per heavy atom. The van der Waals surface area contributed by atoms with Crippen molar-refractivity contribution in [3.05, 3.63) is 78.2 Å². The van der Waals surface area contributed by atoms with Gasteiger partial charge in [0.1, 0.15) is 17.1 Å². The van der Waals surface area contributed by atoms with Gasteiger partial charge in [0.05, 0.1) is 23.8 Å². The van der Waals surface area contributed by atoms with Crippen LogP contribution in [0, 0.1) is 0 Å². The standard InChI is InChI=1S/C27H32N6O3/c1-27(2,3)36-26(35)31-22-12-8-7-11-21(22)30-25(34)23-17-29-24(18-28-23)33-15-13-32(14-16-33)19-20-9-5-4-6-10-20/h4-12,17-18H,13-16,19H2,1-3H3,(H,30,34)(H,31,35). The Morgan fingerprint density at radius 3 is 2.11 bits per heavy atom. The highest BCUT2D eigenvalue weighted by Crippen LogP contribution is 2.23. The number of hydrogen-bond donors (Lipinski definition) is 2. The molecular formula is C27H32N6O3. The molecule has 0 atom stereocenters. The van der Waals surface area contributed by atoms with Crippen LogP contribution in [0.25, 0.3) is 0 Å². The summed E-state index contributed by atoms with van der Waals surface area (Å²) in [6.07, 6.45) is 2.51. The van der Waals surface area contributed by atoms with Crippen LogP contribution in [0.3, 0.4) is 0 Å². The van der Waals surface area contributed by atoms with Crippen LogP contribution in [0.4, 0.5) is 22.0 Å². The molecule has 188 valence electrons. The second-order valence-corrected chi connectivity index (χ2v) is 9.64. The second kappa shape index (κ2) is 11.2. The number of rotatable bonds is 6. The number of carbonyl (C=O) groups excluding carboxylic acids is 2. The van der Waals surface area contributed by atoms with E-state index in [1.165, 1.54) is 11.8 Å². The highest BCUT2D eigenvalue weighted by Gasteiger charge is 2.20. The first-order valence-corrected chi connectivity index (χ1v) is 12.0. The SMILES string of the molecule is CC(C)(C)OC(=O)Nc1ccccc1NC(=O)c1cnc(N2CCN(Cc3ccccc3)CC2)cn1. The summed E-state index contributed by atoms with van der Waals surface area (Å²) in [6.45, 7) is 9.84. The van der Waals surface area contributed by atoms with Crippen molar-refractivity contribution in [1.29, 1.82) is 0 Å². The first kappa shape index (κ1) is 25.1. The smallest absolute Gasteiger partial charge is 0.412 e. The molecule has 2 aromatic carbocycles. The Labute approximate surface area is 211 Å². The third kappa shape index (κ3) is 7.02. The lowest BCUT2D eigenvalue weighted by Gasteiger charge is -2.35. The fourth-order valence-corrected chi connectivity index (χ4v) is 3.88. The Kier molecular flexibility index (Phi) is 7.80. The predicted molar refractivity (Wildman–Crippen MR) is 140 cm³/mol. The summed E-state index contributed by atoms with van der Waals surface area (Å²) >= 11 is 0. The monoisotopic (exact) mass is 488 g/mol. The van der Waals surface area contributed by atoms with Gasteiger partial charge in [-0.3, -0.25) is 15.0 Å². The van der Waals surface area contributed by atoms with E-state index in [1.807, 2.05) is 6.07 Å². The normalized spacial score (nSPS) is 14.2. The van der Waals surface area contributed by atoms with Crippen molar-refractivity contribution in [3.63, 3.8) is 0 Å². The van der Waals surface area contributed by atoms with E-state index >= 15 is 0 Å². The number of piperazine rings is 1. The number of para-hydroxylation sites is 2. The highest BCUT2D eigenvalue weighted by molar-refractivity contribution is 6.05. The van der Waals surface area contributed by atoms with Crippen LogP contribution in [0.2, 0.25) is 0 Å². The summed E-state index contributed by atoms with van der Waals surface area (Å²) < 4.78 is 5.30.